The van der Waals surface area contributed by atoms with Gasteiger partial charge in [0.1, 0.15) is 5.52 Å². The fourth-order valence-electron chi connectivity index (χ4n) is 2.61. The molecule has 1 aliphatic heterocycles. The lowest BCUT2D eigenvalue weighted by Crippen LogP contribution is -2.36. The Morgan fingerprint density at radius 3 is 3.35 bits per heavy atom. The number of hydrogen-bond acceptors (Lipinski definition) is 3. The molecule has 20 heavy (non-hydrogen) atoms. The minimum atomic E-state index is 0.0406. The van der Waals surface area contributed by atoms with Gasteiger partial charge in [-0.05, 0) is 25.0 Å². The van der Waals surface area contributed by atoms with Crippen LogP contribution in [0.25, 0.3) is 11.0 Å². The Hall–Kier alpha value is -1.88. The summed E-state index contributed by atoms with van der Waals surface area (Å²) in [5.74, 6) is 0.0406. The first kappa shape index (κ1) is 13.1. The minimum Gasteiger partial charge on any atom is -0.376 e. The minimum absolute atomic E-state index is 0.0406. The van der Waals surface area contributed by atoms with Gasteiger partial charge in [0.25, 0.3) is 5.91 Å². The van der Waals surface area contributed by atoms with Crippen LogP contribution < -0.4 is 0 Å². The van der Waals surface area contributed by atoms with Crippen molar-refractivity contribution in [2.45, 2.75) is 25.9 Å². The highest BCUT2D eigenvalue weighted by Crippen LogP contribution is 2.19. The fourth-order valence-corrected chi connectivity index (χ4v) is 2.61. The van der Waals surface area contributed by atoms with Gasteiger partial charge < -0.3 is 14.6 Å². The summed E-state index contributed by atoms with van der Waals surface area (Å²) in [7, 11) is 0. The Morgan fingerprint density at radius 1 is 1.60 bits per heavy atom. The topological polar surface area (TPSA) is 58.2 Å². The van der Waals surface area contributed by atoms with E-state index in [0.29, 0.717) is 12.1 Å². The molecule has 1 aliphatic rings. The third-order valence-corrected chi connectivity index (χ3v) is 3.76. The predicted octanol–water partition coefficient (Wildman–Crippen LogP) is 2.20. The van der Waals surface area contributed by atoms with Gasteiger partial charge in [-0.25, -0.2) is 0 Å². The molecule has 0 aliphatic carbocycles. The maximum absolute atomic E-state index is 12.7. The number of amides is 1. The highest BCUT2D eigenvalue weighted by atomic mass is 16.5. The van der Waals surface area contributed by atoms with Crippen LogP contribution in [0.15, 0.2) is 24.5 Å². The number of H-pyrrole nitrogens is 1. The van der Waals surface area contributed by atoms with Gasteiger partial charge in [-0.1, -0.05) is 6.92 Å². The van der Waals surface area contributed by atoms with E-state index in [4.69, 9.17) is 4.74 Å². The number of aromatic nitrogens is 2. The summed E-state index contributed by atoms with van der Waals surface area (Å²) in [5.41, 5.74) is 2.29. The highest BCUT2D eigenvalue weighted by molar-refractivity contribution is 6.05. The van der Waals surface area contributed by atoms with Crippen molar-refractivity contribution in [1.82, 2.24) is 14.9 Å². The van der Waals surface area contributed by atoms with Gasteiger partial charge in [-0.15, -0.1) is 0 Å². The number of ether oxygens (including phenoxy) is 1. The molecule has 0 unspecified atom stereocenters. The second-order valence-electron chi connectivity index (χ2n) is 5.11. The second kappa shape index (κ2) is 5.63. The number of carbonyl (C=O) groups excluding carboxylic acids is 1. The third kappa shape index (κ3) is 2.41. The van der Waals surface area contributed by atoms with Crippen LogP contribution >= 0.6 is 0 Å². The normalized spacial score (nSPS) is 20.1. The summed E-state index contributed by atoms with van der Waals surface area (Å²) in [4.78, 5) is 22.0. The number of hydrogen-bond donors (Lipinski definition) is 1. The maximum atomic E-state index is 12.7. The largest absolute Gasteiger partial charge is 0.376 e. The summed E-state index contributed by atoms with van der Waals surface area (Å²) in [6, 6.07) is 3.79. The molecule has 0 bridgehead atoms. The lowest BCUT2D eigenvalue weighted by atomic mass is 10.2. The van der Waals surface area contributed by atoms with Gasteiger partial charge >= 0.3 is 0 Å². The van der Waals surface area contributed by atoms with E-state index in [-0.39, 0.29) is 12.0 Å². The molecule has 1 atom stereocenters. The molecule has 2 aromatic rings. The molecular weight excluding hydrogens is 254 g/mol. The van der Waals surface area contributed by atoms with Crippen LogP contribution in [-0.4, -0.2) is 46.6 Å². The fraction of sp³-hybridized carbons (Fsp3) is 0.467. The van der Waals surface area contributed by atoms with E-state index in [9.17, 15) is 4.79 Å². The Labute approximate surface area is 117 Å². The predicted molar refractivity (Wildman–Crippen MR) is 76.6 cm³/mol. The number of aromatic amines is 1. The number of nitrogens with one attached hydrogen (secondary N) is 1. The number of rotatable bonds is 2. The van der Waals surface area contributed by atoms with E-state index in [2.05, 4.69) is 16.9 Å². The summed E-state index contributed by atoms with van der Waals surface area (Å²) < 4.78 is 5.72. The molecule has 0 aromatic carbocycles. The van der Waals surface area contributed by atoms with Crippen LogP contribution in [0.2, 0.25) is 0 Å². The van der Waals surface area contributed by atoms with Crippen LogP contribution in [0, 0.1) is 0 Å². The van der Waals surface area contributed by atoms with Crippen LogP contribution in [0.3, 0.4) is 0 Å². The molecule has 2 aromatic heterocycles. The first-order valence-electron chi connectivity index (χ1n) is 7.12. The monoisotopic (exact) mass is 273 g/mol. The van der Waals surface area contributed by atoms with Crippen molar-refractivity contribution in [2.75, 3.05) is 19.7 Å². The number of nitrogens with zero attached hydrogens (tertiary/aromatic N) is 2. The molecule has 3 rings (SSSR count). The van der Waals surface area contributed by atoms with Crippen LogP contribution in [0.4, 0.5) is 0 Å². The molecule has 0 saturated carbocycles. The first-order valence-corrected chi connectivity index (χ1v) is 7.12. The van der Waals surface area contributed by atoms with Crippen molar-refractivity contribution >= 4 is 16.9 Å². The van der Waals surface area contributed by atoms with Gasteiger partial charge in [0.2, 0.25) is 0 Å². The van der Waals surface area contributed by atoms with E-state index in [0.717, 1.165) is 37.0 Å². The zero-order valence-corrected chi connectivity index (χ0v) is 11.6. The van der Waals surface area contributed by atoms with E-state index >= 15 is 0 Å². The third-order valence-electron chi connectivity index (χ3n) is 3.76. The van der Waals surface area contributed by atoms with E-state index in [1.165, 1.54) is 0 Å². The summed E-state index contributed by atoms with van der Waals surface area (Å²) >= 11 is 0. The molecular formula is C15H19N3O2. The lowest BCUT2D eigenvalue weighted by Gasteiger charge is -2.23. The summed E-state index contributed by atoms with van der Waals surface area (Å²) in [5, 5.41) is 0. The number of carbonyl (C=O) groups is 1. The Morgan fingerprint density at radius 2 is 2.50 bits per heavy atom. The van der Waals surface area contributed by atoms with E-state index < -0.39 is 0 Å². The SMILES string of the molecule is CC[C@H]1CN(C(=O)c2c[nH]c3cccnc23)CCCO1. The van der Waals surface area contributed by atoms with E-state index in [1.54, 1.807) is 12.4 Å². The molecule has 106 valence electrons. The Bertz CT molecular complexity index is 608. The Kier molecular flexibility index (Phi) is 3.69. The molecule has 1 saturated heterocycles. The molecule has 5 heteroatoms. The number of pyridine rings is 1. The molecule has 5 nitrogen and oxygen atoms in total. The zero-order valence-electron chi connectivity index (χ0n) is 11.6. The smallest absolute Gasteiger partial charge is 0.257 e. The Balaban J connectivity index is 1.87. The van der Waals surface area contributed by atoms with Crippen molar-refractivity contribution in [3.63, 3.8) is 0 Å². The zero-order chi connectivity index (χ0) is 13.9. The first-order chi connectivity index (χ1) is 9.79. The van der Waals surface area contributed by atoms with Gasteiger partial charge in [-0.3, -0.25) is 9.78 Å². The summed E-state index contributed by atoms with van der Waals surface area (Å²) in [6.07, 6.45) is 5.42. The van der Waals surface area contributed by atoms with Gasteiger partial charge in [0.05, 0.1) is 17.2 Å². The highest BCUT2D eigenvalue weighted by Gasteiger charge is 2.24. The van der Waals surface area contributed by atoms with Crippen molar-refractivity contribution in [1.29, 1.82) is 0 Å². The van der Waals surface area contributed by atoms with Crippen LogP contribution in [0.5, 0.6) is 0 Å². The van der Waals surface area contributed by atoms with Crippen molar-refractivity contribution in [2.24, 2.45) is 0 Å². The van der Waals surface area contributed by atoms with Gasteiger partial charge in [0, 0.05) is 32.1 Å². The van der Waals surface area contributed by atoms with Crippen molar-refractivity contribution < 1.29 is 9.53 Å². The molecule has 3 heterocycles. The molecule has 0 spiro atoms. The lowest BCUT2D eigenvalue weighted by molar-refractivity contribution is 0.0461. The maximum Gasteiger partial charge on any atom is 0.257 e. The summed E-state index contributed by atoms with van der Waals surface area (Å²) in [6.45, 7) is 4.23. The van der Waals surface area contributed by atoms with Gasteiger partial charge in [-0.2, -0.15) is 0 Å². The van der Waals surface area contributed by atoms with E-state index in [1.807, 2.05) is 17.0 Å². The molecule has 1 N–H and O–H groups in total. The van der Waals surface area contributed by atoms with Crippen LogP contribution in [0.1, 0.15) is 30.1 Å². The second-order valence-corrected chi connectivity index (χ2v) is 5.11. The quantitative estimate of drug-likeness (QED) is 0.912. The molecule has 1 fully saturated rings. The number of fused-ring (bicyclic) bond motifs is 1. The van der Waals surface area contributed by atoms with Crippen molar-refractivity contribution in [3.8, 4) is 0 Å². The average molecular weight is 273 g/mol. The van der Waals surface area contributed by atoms with Crippen LogP contribution in [-0.2, 0) is 4.74 Å². The van der Waals surface area contributed by atoms with Gasteiger partial charge in [0.15, 0.2) is 0 Å². The molecule has 0 radical (unpaired) electrons. The standard InChI is InChI=1S/C15H19N3O2/c1-2-11-10-18(7-4-8-20-11)15(19)12-9-17-13-5-3-6-16-14(12)13/h3,5-6,9,11,17H,2,4,7-8,10H2,1H3/t11-/m0/s1. The van der Waals surface area contributed by atoms with Crippen molar-refractivity contribution in [3.05, 3.63) is 30.1 Å². The molecule has 1 amide bonds. The average Bonchev–Trinajstić information content (AvgIpc) is 2.76.